The maximum absolute atomic E-state index is 5.98. The van der Waals surface area contributed by atoms with E-state index in [9.17, 15) is 0 Å². The predicted octanol–water partition coefficient (Wildman–Crippen LogP) is 0.982. The number of nitrogens with zero attached hydrogens (tertiary/aromatic N) is 3. The molecule has 1 aliphatic rings. The Bertz CT molecular complexity index is 240. The topological polar surface area (TPSA) is 54.1 Å². The van der Waals surface area contributed by atoms with Gasteiger partial charge in [0.2, 0.25) is 0 Å². The SMILES string of the molecule is CCN(CC)C(C)CN=C(N)N1CCOCC1.I. The van der Waals surface area contributed by atoms with Crippen LogP contribution in [-0.2, 0) is 4.74 Å². The van der Waals surface area contributed by atoms with Gasteiger partial charge in [0.15, 0.2) is 5.96 Å². The Morgan fingerprint density at radius 2 is 1.89 bits per heavy atom. The number of ether oxygens (including phenoxy) is 1. The molecule has 0 radical (unpaired) electrons. The first kappa shape index (κ1) is 17.9. The Morgan fingerprint density at radius 3 is 2.39 bits per heavy atom. The summed E-state index contributed by atoms with van der Waals surface area (Å²) in [7, 11) is 0. The molecule has 0 saturated carbocycles. The van der Waals surface area contributed by atoms with Gasteiger partial charge in [-0.2, -0.15) is 0 Å². The predicted molar refractivity (Wildman–Crippen MR) is 86.7 cm³/mol. The van der Waals surface area contributed by atoms with Crippen molar-refractivity contribution >= 4 is 29.9 Å². The lowest BCUT2D eigenvalue weighted by Gasteiger charge is -2.29. The van der Waals surface area contributed by atoms with Gasteiger partial charge in [0, 0.05) is 19.1 Å². The molecular weight excluding hydrogens is 343 g/mol. The van der Waals surface area contributed by atoms with Gasteiger partial charge in [0.05, 0.1) is 19.8 Å². The molecule has 0 spiro atoms. The summed E-state index contributed by atoms with van der Waals surface area (Å²) in [6.45, 7) is 12.7. The van der Waals surface area contributed by atoms with Crippen molar-refractivity contribution in [2.45, 2.75) is 26.8 Å². The third-order valence-corrected chi connectivity index (χ3v) is 3.29. The third kappa shape index (κ3) is 5.71. The number of likely N-dealkylation sites (N-methyl/N-ethyl adjacent to an activating group) is 1. The lowest BCUT2D eigenvalue weighted by molar-refractivity contribution is 0.0673. The van der Waals surface area contributed by atoms with Crippen LogP contribution in [0.15, 0.2) is 4.99 Å². The molecule has 1 heterocycles. The van der Waals surface area contributed by atoms with E-state index >= 15 is 0 Å². The summed E-state index contributed by atoms with van der Waals surface area (Å²) < 4.78 is 5.29. The van der Waals surface area contributed by atoms with Gasteiger partial charge in [-0.3, -0.25) is 9.89 Å². The van der Waals surface area contributed by atoms with Crippen molar-refractivity contribution < 1.29 is 4.74 Å². The van der Waals surface area contributed by atoms with Crippen LogP contribution >= 0.6 is 24.0 Å². The lowest BCUT2D eigenvalue weighted by atomic mass is 10.3. The molecule has 1 saturated heterocycles. The van der Waals surface area contributed by atoms with Crippen LogP contribution in [0.2, 0.25) is 0 Å². The highest BCUT2D eigenvalue weighted by atomic mass is 127. The number of halogens is 1. The average molecular weight is 370 g/mol. The maximum Gasteiger partial charge on any atom is 0.191 e. The van der Waals surface area contributed by atoms with Gasteiger partial charge in [0.1, 0.15) is 0 Å². The van der Waals surface area contributed by atoms with E-state index in [-0.39, 0.29) is 24.0 Å². The normalized spacial score (nSPS) is 18.7. The first-order chi connectivity index (χ1) is 8.19. The summed E-state index contributed by atoms with van der Waals surface area (Å²) in [6.07, 6.45) is 0. The largest absolute Gasteiger partial charge is 0.378 e. The fourth-order valence-electron chi connectivity index (χ4n) is 2.08. The molecule has 5 nitrogen and oxygen atoms in total. The minimum Gasteiger partial charge on any atom is -0.378 e. The van der Waals surface area contributed by atoms with Gasteiger partial charge in [-0.1, -0.05) is 13.8 Å². The molecule has 1 aliphatic heterocycles. The Kier molecular flexibility index (Phi) is 9.76. The number of morpholine rings is 1. The highest BCUT2D eigenvalue weighted by Crippen LogP contribution is 2.00. The summed E-state index contributed by atoms with van der Waals surface area (Å²) in [4.78, 5) is 8.97. The van der Waals surface area contributed by atoms with E-state index in [0.717, 1.165) is 45.9 Å². The Labute approximate surface area is 128 Å². The van der Waals surface area contributed by atoms with Gasteiger partial charge >= 0.3 is 0 Å². The number of aliphatic imine (C=N–C) groups is 1. The van der Waals surface area contributed by atoms with Crippen molar-refractivity contribution in [2.24, 2.45) is 10.7 Å². The van der Waals surface area contributed by atoms with Crippen LogP contribution < -0.4 is 5.73 Å². The highest BCUT2D eigenvalue weighted by Gasteiger charge is 2.13. The van der Waals surface area contributed by atoms with Crippen LogP contribution in [0.4, 0.5) is 0 Å². The Morgan fingerprint density at radius 1 is 1.33 bits per heavy atom. The van der Waals surface area contributed by atoms with Crippen LogP contribution in [0, 0.1) is 0 Å². The summed E-state index contributed by atoms with van der Waals surface area (Å²) in [5, 5.41) is 0. The minimum absolute atomic E-state index is 0. The van der Waals surface area contributed by atoms with Crippen molar-refractivity contribution in [1.29, 1.82) is 0 Å². The minimum atomic E-state index is 0. The van der Waals surface area contributed by atoms with Gasteiger partial charge < -0.3 is 15.4 Å². The summed E-state index contributed by atoms with van der Waals surface area (Å²) in [5.74, 6) is 0.660. The van der Waals surface area contributed by atoms with E-state index in [2.05, 4.69) is 35.6 Å². The second kappa shape index (κ2) is 9.80. The maximum atomic E-state index is 5.98. The van der Waals surface area contributed by atoms with Crippen LogP contribution in [0.3, 0.4) is 0 Å². The zero-order valence-corrected chi connectivity index (χ0v) is 14.1. The van der Waals surface area contributed by atoms with E-state index in [0.29, 0.717) is 12.0 Å². The van der Waals surface area contributed by atoms with E-state index in [1.54, 1.807) is 0 Å². The van der Waals surface area contributed by atoms with Crippen LogP contribution in [-0.4, -0.2) is 67.7 Å². The van der Waals surface area contributed by atoms with Crippen LogP contribution in [0.25, 0.3) is 0 Å². The van der Waals surface area contributed by atoms with E-state index in [1.165, 1.54) is 0 Å². The van der Waals surface area contributed by atoms with Crippen LogP contribution in [0.1, 0.15) is 20.8 Å². The number of guanidine groups is 1. The summed E-state index contributed by atoms with van der Waals surface area (Å²) in [5.41, 5.74) is 5.98. The molecule has 1 fully saturated rings. The molecule has 1 rings (SSSR count). The third-order valence-electron chi connectivity index (χ3n) is 3.29. The smallest absolute Gasteiger partial charge is 0.191 e. The summed E-state index contributed by atoms with van der Waals surface area (Å²) >= 11 is 0. The molecule has 0 aromatic rings. The van der Waals surface area contributed by atoms with Crippen molar-refractivity contribution in [2.75, 3.05) is 45.9 Å². The second-order valence-electron chi connectivity index (χ2n) is 4.37. The molecule has 0 aromatic heterocycles. The molecular formula is C12H27IN4O. The number of hydrogen-bond donors (Lipinski definition) is 1. The fourth-order valence-corrected chi connectivity index (χ4v) is 2.08. The van der Waals surface area contributed by atoms with E-state index in [4.69, 9.17) is 10.5 Å². The molecule has 0 aromatic carbocycles. The second-order valence-corrected chi connectivity index (χ2v) is 4.37. The van der Waals surface area contributed by atoms with Crippen molar-refractivity contribution in [3.8, 4) is 0 Å². The zero-order chi connectivity index (χ0) is 12.7. The standard InChI is InChI=1S/C12H26N4O.HI/c1-4-15(5-2)11(3)10-14-12(13)16-6-8-17-9-7-16;/h11H,4-10H2,1-3H3,(H2,13,14);1H. The first-order valence-corrected chi connectivity index (χ1v) is 6.55. The molecule has 1 unspecified atom stereocenters. The van der Waals surface area contributed by atoms with Gasteiger partial charge in [0.25, 0.3) is 0 Å². The monoisotopic (exact) mass is 370 g/mol. The molecule has 2 N–H and O–H groups in total. The molecule has 1 atom stereocenters. The lowest BCUT2D eigenvalue weighted by Crippen LogP contribution is -2.45. The van der Waals surface area contributed by atoms with Crippen molar-refractivity contribution in [3.05, 3.63) is 0 Å². The number of rotatable bonds is 5. The number of hydrogen-bond acceptors (Lipinski definition) is 3. The molecule has 0 aliphatic carbocycles. The van der Waals surface area contributed by atoms with E-state index < -0.39 is 0 Å². The molecule has 0 bridgehead atoms. The van der Waals surface area contributed by atoms with Gasteiger partial charge in [-0.25, -0.2) is 0 Å². The summed E-state index contributed by atoms with van der Waals surface area (Å²) in [6, 6.07) is 0.449. The van der Waals surface area contributed by atoms with Crippen molar-refractivity contribution in [3.63, 3.8) is 0 Å². The zero-order valence-electron chi connectivity index (χ0n) is 11.8. The fraction of sp³-hybridized carbons (Fsp3) is 0.917. The van der Waals surface area contributed by atoms with Gasteiger partial charge in [-0.15, -0.1) is 24.0 Å². The number of nitrogens with two attached hydrogens (primary N) is 1. The average Bonchev–Trinajstić information content (AvgIpc) is 2.38. The first-order valence-electron chi connectivity index (χ1n) is 6.55. The van der Waals surface area contributed by atoms with E-state index in [1.807, 2.05) is 0 Å². The van der Waals surface area contributed by atoms with Crippen LogP contribution in [0.5, 0.6) is 0 Å². The molecule has 0 amide bonds. The Hall–Kier alpha value is -0.0800. The highest BCUT2D eigenvalue weighted by molar-refractivity contribution is 14.0. The Balaban J connectivity index is 0.00000289. The van der Waals surface area contributed by atoms with Gasteiger partial charge in [-0.05, 0) is 20.0 Å². The quantitative estimate of drug-likeness (QED) is 0.446. The van der Waals surface area contributed by atoms with Crippen molar-refractivity contribution in [1.82, 2.24) is 9.80 Å². The molecule has 108 valence electrons. The molecule has 18 heavy (non-hydrogen) atoms. The molecule has 6 heteroatoms.